The number of hydrogen-bond donors (Lipinski definition) is 1. The molecule has 1 aromatic heterocycles. The number of rotatable bonds is 8. The molecule has 7 heteroatoms. The van der Waals surface area contributed by atoms with Gasteiger partial charge in [0.1, 0.15) is 5.76 Å². The Kier molecular flexibility index (Phi) is 12.5. The first-order valence-electron chi connectivity index (χ1n) is 15.0. The van der Waals surface area contributed by atoms with Gasteiger partial charge in [-0.3, -0.25) is 4.79 Å². The summed E-state index contributed by atoms with van der Waals surface area (Å²) in [6.07, 6.45) is 2.10. The van der Waals surface area contributed by atoms with Crippen molar-refractivity contribution in [3.05, 3.63) is 89.3 Å². The molecule has 0 saturated carbocycles. The van der Waals surface area contributed by atoms with Crippen LogP contribution in [0, 0.1) is 30.7 Å². The van der Waals surface area contributed by atoms with E-state index < -0.39 is 11.7 Å². The molecule has 1 radical (unpaired) electrons. The van der Waals surface area contributed by atoms with Crippen molar-refractivity contribution in [3.8, 4) is 11.3 Å². The number of halogens is 3. The molecule has 0 fully saturated rings. The SMILES string of the molecule is CCC(C)(CC)C(=O)/C=C(\O)C(C)(CC)CC.Cc1[c-]c(-c2nccc3c2ccc2cc(C(F)(F)F)ccc23)cc(C)c1.[Ir]. The fourth-order valence-electron chi connectivity index (χ4n) is 5.09. The van der Waals surface area contributed by atoms with Crippen molar-refractivity contribution in [2.24, 2.45) is 10.8 Å². The summed E-state index contributed by atoms with van der Waals surface area (Å²) >= 11 is 0. The Morgan fingerprint density at radius 2 is 1.43 bits per heavy atom. The smallest absolute Gasteiger partial charge is 0.416 e. The van der Waals surface area contributed by atoms with E-state index in [-0.39, 0.29) is 42.5 Å². The molecule has 0 aliphatic rings. The van der Waals surface area contributed by atoms with E-state index in [9.17, 15) is 23.1 Å². The van der Waals surface area contributed by atoms with Crippen molar-refractivity contribution in [2.45, 2.75) is 87.2 Å². The number of alkyl halides is 3. The fraction of sp³-hybridized carbons (Fsp3) is 0.405. The van der Waals surface area contributed by atoms with Crippen molar-refractivity contribution < 1.29 is 43.2 Å². The van der Waals surface area contributed by atoms with Crippen LogP contribution < -0.4 is 0 Å². The third-order valence-electron chi connectivity index (χ3n) is 9.09. The van der Waals surface area contributed by atoms with Gasteiger partial charge in [-0.25, -0.2) is 0 Å². The van der Waals surface area contributed by atoms with E-state index in [0.717, 1.165) is 70.3 Å². The van der Waals surface area contributed by atoms with Gasteiger partial charge in [0.15, 0.2) is 5.78 Å². The van der Waals surface area contributed by atoms with Gasteiger partial charge in [-0.1, -0.05) is 73.6 Å². The molecular formula is C37H43F3IrNO2-. The Bertz CT molecular complexity index is 1610. The van der Waals surface area contributed by atoms with E-state index in [0.29, 0.717) is 5.39 Å². The van der Waals surface area contributed by atoms with Crippen LogP contribution in [0.3, 0.4) is 0 Å². The molecule has 0 spiro atoms. The molecule has 44 heavy (non-hydrogen) atoms. The number of aliphatic hydroxyl groups is 1. The second kappa shape index (κ2) is 14.8. The van der Waals surface area contributed by atoms with E-state index in [4.69, 9.17) is 0 Å². The Labute approximate surface area is 273 Å². The number of aromatic nitrogens is 1. The third kappa shape index (κ3) is 8.17. The van der Waals surface area contributed by atoms with Crippen LogP contribution in [0.2, 0.25) is 0 Å². The number of allylic oxidation sites excluding steroid dienone is 2. The average molecular weight is 783 g/mol. The minimum Gasteiger partial charge on any atom is -0.512 e. The number of hydrogen-bond acceptors (Lipinski definition) is 3. The molecule has 3 nitrogen and oxygen atoms in total. The predicted octanol–water partition coefficient (Wildman–Crippen LogP) is 11.1. The van der Waals surface area contributed by atoms with E-state index in [1.54, 1.807) is 12.3 Å². The number of fused-ring (bicyclic) bond motifs is 3. The maximum absolute atomic E-state index is 13.0. The molecule has 0 saturated heterocycles. The minimum absolute atomic E-state index is 0. The summed E-state index contributed by atoms with van der Waals surface area (Å²) in [6.45, 7) is 16.1. The average Bonchev–Trinajstić information content (AvgIpc) is 2.98. The molecule has 0 aliphatic carbocycles. The van der Waals surface area contributed by atoms with Crippen molar-refractivity contribution in [3.63, 3.8) is 0 Å². The summed E-state index contributed by atoms with van der Waals surface area (Å²) in [5, 5.41) is 13.3. The van der Waals surface area contributed by atoms with Gasteiger partial charge >= 0.3 is 6.18 Å². The van der Waals surface area contributed by atoms with Crippen LogP contribution in [0.4, 0.5) is 13.2 Å². The molecule has 0 atom stereocenters. The summed E-state index contributed by atoms with van der Waals surface area (Å²) in [7, 11) is 0. The maximum atomic E-state index is 13.0. The summed E-state index contributed by atoms with van der Waals surface area (Å²) in [6, 6.07) is 16.7. The summed E-state index contributed by atoms with van der Waals surface area (Å²) in [4.78, 5) is 16.7. The fourth-order valence-corrected chi connectivity index (χ4v) is 5.09. The second-order valence-corrected chi connectivity index (χ2v) is 11.9. The van der Waals surface area contributed by atoms with Gasteiger partial charge in [0, 0.05) is 43.2 Å². The molecule has 4 aromatic rings. The molecule has 0 aliphatic heterocycles. The van der Waals surface area contributed by atoms with Crippen molar-refractivity contribution >= 4 is 27.3 Å². The van der Waals surface area contributed by atoms with Crippen molar-refractivity contribution in [1.82, 2.24) is 4.98 Å². The molecular weight excluding hydrogens is 740 g/mol. The van der Waals surface area contributed by atoms with Crippen LogP contribution in [0.15, 0.2) is 66.6 Å². The van der Waals surface area contributed by atoms with E-state index in [1.807, 2.05) is 79.7 Å². The van der Waals surface area contributed by atoms with E-state index >= 15 is 0 Å². The zero-order valence-electron chi connectivity index (χ0n) is 26.9. The van der Waals surface area contributed by atoms with Crippen molar-refractivity contribution in [1.29, 1.82) is 0 Å². The molecule has 3 aromatic carbocycles. The number of aryl methyl sites for hydroxylation is 2. The van der Waals surface area contributed by atoms with Crippen LogP contribution in [0.25, 0.3) is 32.8 Å². The maximum Gasteiger partial charge on any atom is 0.416 e. The van der Waals surface area contributed by atoms with Gasteiger partial charge in [-0.05, 0) is 71.1 Å². The number of carbonyl (C=O) groups excluding carboxylic acids is 1. The Hall–Kier alpha value is -3.02. The number of nitrogens with zero attached hydrogens (tertiary/aromatic N) is 1. The number of aliphatic hydroxyl groups excluding tert-OH is 1. The minimum atomic E-state index is -4.35. The Balaban J connectivity index is 0.000000331. The third-order valence-corrected chi connectivity index (χ3v) is 9.09. The number of benzene rings is 3. The largest absolute Gasteiger partial charge is 0.512 e. The monoisotopic (exact) mass is 783 g/mol. The van der Waals surface area contributed by atoms with Gasteiger partial charge in [0.05, 0.1) is 5.56 Å². The van der Waals surface area contributed by atoms with E-state index in [1.165, 1.54) is 18.2 Å². The predicted molar refractivity (Wildman–Crippen MR) is 171 cm³/mol. The number of ketones is 1. The van der Waals surface area contributed by atoms with E-state index in [2.05, 4.69) is 11.1 Å². The molecule has 0 bridgehead atoms. The summed E-state index contributed by atoms with van der Waals surface area (Å²) < 4.78 is 38.9. The first kappa shape index (κ1) is 37.2. The Morgan fingerprint density at radius 3 is 1.98 bits per heavy atom. The van der Waals surface area contributed by atoms with Gasteiger partial charge in [-0.2, -0.15) is 13.2 Å². The quantitative estimate of drug-likeness (QED) is 0.0838. The molecule has 1 N–H and O–H groups in total. The molecule has 239 valence electrons. The first-order valence-corrected chi connectivity index (χ1v) is 15.0. The molecule has 0 amide bonds. The van der Waals surface area contributed by atoms with Crippen LogP contribution in [0.5, 0.6) is 0 Å². The van der Waals surface area contributed by atoms with Crippen LogP contribution in [-0.4, -0.2) is 15.9 Å². The van der Waals surface area contributed by atoms with Crippen molar-refractivity contribution in [2.75, 3.05) is 0 Å². The summed E-state index contributed by atoms with van der Waals surface area (Å²) in [5.74, 6) is 0.286. The standard InChI is InChI=1S/C22H15F3N.C15H28O2.Ir/c1-13-9-14(2)11-16(10-13)21-20-5-3-15-12-17(22(23,24)25)4-6-18(15)19(20)7-8-26-21;1-7-14(5,8-2)12(16)11-13(17)15(6,9-3)10-4;/h3-10,12H,1-2H3;11,16H,7-10H2,1-6H3;/q-1;;/b;12-11-;. The Morgan fingerprint density at radius 1 is 0.841 bits per heavy atom. The zero-order chi connectivity index (χ0) is 32.2. The van der Waals surface area contributed by atoms with Crippen LogP contribution >= 0.6 is 0 Å². The van der Waals surface area contributed by atoms with Crippen LogP contribution in [0.1, 0.15) is 83.9 Å². The van der Waals surface area contributed by atoms with Gasteiger partial charge < -0.3 is 10.1 Å². The normalized spacial score (nSPS) is 12.5. The molecule has 4 rings (SSSR count). The summed E-state index contributed by atoms with van der Waals surface area (Å²) in [5.41, 5.74) is 2.57. The number of carbonyl (C=O) groups is 1. The topological polar surface area (TPSA) is 50.2 Å². The van der Waals surface area contributed by atoms with Gasteiger partial charge in [-0.15, -0.1) is 34.9 Å². The first-order chi connectivity index (χ1) is 20.1. The van der Waals surface area contributed by atoms with Gasteiger partial charge in [0.25, 0.3) is 0 Å². The second-order valence-electron chi connectivity index (χ2n) is 11.9. The molecule has 1 heterocycles. The zero-order valence-corrected chi connectivity index (χ0v) is 29.3. The number of pyridine rings is 1. The van der Waals surface area contributed by atoms with Gasteiger partial charge in [0.2, 0.25) is 0 Å². The van der Waals surface area contributed by atoms with Crippen LogP contribution in [-0.2, 0) is 31.1 Å². The molecule has 0 unspecified atom stereocenters.